The molecule has 0 bridgehead atoms. The molecule has 2 atom stereocenters. The second-order valence-corrected chi connectivity index (χ2v) is 6.94. The van der Waals surface area contributed by atoms with E-state index in [-0.39, 0.29) is 11.8 Å². The van der Waals surface area contributed by atoms with Gasteiger partial charge in [-0.2, -0.15) is 0 Å². The zero-order chi connectivity index (χ0) is 17.7. The van der Waals surface area contributed by atoms with E-state index in [1.807, 2.05) is 44.2 Å². The highest BCUT2D eigenvalue weighted by molar-refractivity contribution is 7.13. The van der Waals surface area contributed by atoms with E-state index in [2.05, 4.69) is 10.3 Å². The van der Waals surface area contributed by atoms with Gasteiger partial charge in [0.15, 0.2) is 0 Å². The smallest absolute Gasteiger partial charge is 0.326 e. The van der Waals surface area contributed by atoms with Crippen molar-refractivity contribution in [2.45, 2.75) is 39.7 Å². The molecule has 0 saturated heterocycles. The van der Waals surface area contributed by atoms with Gasteiger partial charge >= 0.3 is 5.97 Å². The quantitative estimate of drug-likeness (QED) is 0.806. The first-order chi connectivity index (χ1) is 11.4. The normalized spacial score (nSPS) is 13.3. The number of benzene rings is 1. The van der Waals surface area contributed by atoms with Crippen LogP contribution < -0.4 is 5.32 Å². The number of amides is 1. The second kappa shape index (κ2) is 8.06. The van der Waals surface area contributed by atoms with Crippen molar-refractivity contribution in [1.29, 1.82) is 0 Å². The molecule has 0 aliphatic rings. The molecular weight excluding hydrogens is 324 g/mol. The van der Waals surface area contributed by atoms with Crippen LogP contribution in [0.2, 0.25) is 0 Å². The van der Waals surface area contributed by atoms with Crippen molar-refractivity contribution in [2.75, 3.05) is 0 Å². The van der Waals surface area contributed by atoms with Gasteiger partial charge in [0.2, 0.25) is 0 Å². The lowest BCUT2D eigenvalue weighted by molar-refractivity contribution is -0.140. The molecule has 2 aromatic rings. The van der Waals surface area contributed by atoms with Crippen LogP contribution in [0.15, 0.2) is 30.3 Å². The summed E-state index contributed by atoms with van der Waals surface area (Å²) in [4.78, 5) is 28.8. The second-order valence-electron chi connectivity index (χ2n) is 5.86. The van der Waals surface area contributed by atoms with Gasteiger partial charge in [0.1, 0.15) is 10.9 Å². The highest BCUT2D eigenvalue weighted by atomic mass is 32.1. The minimum atomic E-state index is -1.01. The van der Waals surface area contributed by atoms with Crippen LogP contribution >= 0.6 is 11.3 Å². The van der Waals surface area contributed by atoms with E-state index in [1.54, 1.807) is 6.92 Å². The first-order valence-electron chi connectivity index (χ1n) is 7.96. The van der Waals surface area contributed by atoms with Crippen LogP contribution in [0.25, 0.3) is 0 Å². The monoisotopic (exact) mass is 346 g/mol. The Morgan fingerprint density at radius 3 is 2.54 bits per heavy atom. The number of carboxylic acid groups (broad SMARTS) is 1. The zero-order valence-corrected chi connectivity index (χ0v) is 14.9. The van der Waals surface area contributed by atoms with E-state index in [9.17, 15) is 14.7 Å². The molecule has 1 aromatic carbocycles. The number of carboxylic acids is 1. The Hall–Kier alpha value is -2.21. The lowest BCUT2D eigenvalue weighted by Crippen LogP contribution is -2.44. The van der Waals surface area contributed by atoms with Crippen LogP contribution in [0, 0.1) is 12.8 Å². The van der Waals surface area contributed by atoms with Gasteiger partial charge in [0.05, 0.1) is 10.7 Å². The van der Waals surface area contributed by atoms with Gasteiger partial charge in [-0.15, -0.1) is 11.3 Å². The van der Waals surface area contributed by atoms with Crippen molar-refractivity contribution in [3.8, 4) is 0 Å². The largest absolute Gasteiger partial charge is 0.480 e. The van der Waals surface area contributed by atoms with Gasteiger partial charge in [-0.3, -0.25) is 4.79 Å². The first-order valence-corrected chi connectivity index (χ1v) is 8.77. The van der Waals surface area contributed by atoms with Crippen molar-refractivity contribution >= 4 is 23.2 Å². The van der Waals surface area contributed by atoms with Gasteiger partial charge in [-0.1, -0.05) is 50.6 Å². The number of aliphatic carboxylic acids is 1. The van der Waals surface area contributed by atoms with Gasteiger partial charge in [-0.05, 0) is 18.4 Å². The molecule has 0 saturated carbocycles. The molecule has 0 aliphatic carbocycles. The van der Waals surface area contributed by atoms with Gasteiger partial charge < -0.3 is 10.4 Å². The number of carbonyl (C=O) groups is 2. The number of aromatic nitrogens is 1. The Morgan fingerprint density at radius 1 is 1.29 bits per heavy atom. The number of nitrogens with zero attached hydrogens (tertiary/aromatic N) is 1. The highest BCUT2D eigenvalue weighted by Crippen LogP contribution is 2.21. The summed E-state index contributed by atoms with van der Waals surface area (Å²) in [6, 6.07) is 9.03. The number of aryl methyl sites for hydroxylation is 1. The molecule has 5 nitrogen and oxygen atoms in total. The predicted molar refractivity (Wildman–Crippen MR) is 94.4 cm³/mol. The summed E-state index contributed by atoms with van der Waals surface area (Å²) in [6.07, 6.45) is 1.34. The SMILES string of the molecule is CC[C@H](C)[C@H](NC(=O)c1sc(Cc2ccccc2)nc1C)C(=O)O. The average molecular weight is 346 g/mol. The van der Waals surface area contributed by atoms with Crippen LogP contribution in [0.5, 0.6) is 0 Å². The van der Waals surface area contributed by atoms with Gasteiger partial charge in [-0.25, -0.2) is 9.78 Å². The van der Waals surface area contributed by atoms with Crippen molar-refractivity contribution < 1.29 is 14.7 Å². The standard InChI is InChI=1S/C18H22N2O3S/c1-4-11(2)15(18(22)23)20-17(21)16-12(3)19-14(24-16)10-13-8-6-5-7-9-13/h5-9,11,15H,4,10H2,1-3H3,(H,20,21)(H,22,23)/t11-,15-/m0/s1. The van der Waals surface area contributed by atoms with Crippen molar-refractivity contribution in [1.82, 2.24) is 10.3 Å². The molecule has 2 rings (SSSR count). The fourth-order valence-corrected chi connectivity index (χ4v) is 3.40. The maximum Gasteiger partial charge on any atom is 0.326 e. The van der Waals surface area contributed by atoms with Crippen LogP contribution in [0.1, 0.15) is 46.2 Å². The summed E-state index contributed by atoms with van der Waals surface area (Å²) in [6.45, 7) is 5.50. The molecule has 1 heterocycles. The molecule has 2 N–H and O–H groups in total. The van der Waals surface area contributed by atoms with E-state index < -0.39 is 12.0 Å². The first kappa shape index (κ1) is 18.1. The van der Waals surface area contributed by atoms with E-state index in [0.717, 1.165) is 10.6 Å². The number of thiazole rings is 1. The Morgan fingerprint density at radius 2 is 1.96 bits per heavy atom. The van der Waals surface area contributed by atoms with E-state index in [1.165, 1.54) is 11.3 Å². The number of rotatable bonds is 7. The van der Waals surface area contributed by atoms with Crippen LogP contribution in [-0.2, 0) is 11.2 Å². The molecule has 0 spiro atoms. The predicted octanol–water partition coefficient (Wildman–Crippen LogP) is 3.27. The van der Waals surface area contributed by atoms with Gasteiger partial charge in [0.25, 0.3) is 5.91 Å². The molecule has 0 radical (unpaired) electrons. The topological polar surface area (TPSA) is 79.3 Å². The Balaban J connectivity index is 2.14. The molecule has 128 valence electrons. The van der Waals surface area contributed by atoms with Crippen molar-refractivity contribution in [3.63, 3.8) is 0 Å². The summed E-state index contributed by atoms with van der Waals surface area (Å²) in [5, 5.41) is 12.8. The third kappa shape index (κ3) is 4.41. The Bertz CT molecular complexity index is 712. The third-order valence-corrected chi connectivity index (χ3v) is 5.17. The minimum Gasteiger partial charge on any atom is -0.480 e. The number of carbonyl (C=O) groups excluding carboxylic acids is 1. The zero-order valence-electron chi connectivity index (χ0n) is 14.1. The summed E-state index contributed by atoms with van der Waals surface area (Å²) >= 11 is 1.32. The van der Waals surface area contributed by atoms with E-state index in [4.69, 9.17) is 0 Å². The molecule has 1 aromatic heterocycles. The molecule has 1 amide bonds. The number of hydrogen-bond donors (Lipinski definition) is 2. The number of nitrogens with one attached hydrogen (secondary N) is 1. The van der Waals surface area contributed by atoms with Gasteiger partial charge in [0, 0.05) is 6.42 Å². The molecule has 24 heavy (non-hydrogen) atoms. The maximum absolute atomic E-state index is 12.5. The number of hydrogen-bond acceptors (Lipinski definition) is 4. The van der Waals surface area contributed by atoms with Crippen molar-refractivity contribution in [2.24, 2.45) is 5.92 Å². The minimum absolute atomic E-state index is 0.136. The molecule has 0 unspecified atom stereocenters. The van der Waals surface area contributed by atoms with Crippen LogP contribution in [-0.4, -0.2) is 28.0 Å². The molecule has 6 heteroatoms. The summed E-state index contributed by atoms with van der Waals surface area (Å²) in [5.74, 6) is -1.51. The summed E-state index contributed by atoms with van der Waals surface area (Å²) in [7, 11) is 0. The highest BCUT2D eigenvalue weighted by Gasteiger charge is 2.27. The fourth-order valence-electron chi connectivity index (χ4n) is 2.40. The summed E-state index contributed by atoms with van der Waals surface area (Å²) < 4.78 is 0. The third-order valence-electron chi connectivity index (χ3n) is 4.01. The average Bonchev–Trinajstić information content (AvgIpc) is 2.92. The van der Waals surface area contributed by atoms with Crippen LogP contribution in [0.4, 0.5) is 0 Å². The Kier molecular flexibility index (Phi) is 6.09. The van der Waals surface area contributed by atoms with E-state index in [0.29, 0.717) is 23.4 Å². The Labute approximate surface area is 145 Å². The molecule has 0 aliphatic heterocycles. The lowest BCUT2D eigenvalue weighted by atomic mass is 9.99. The lowest BCUT2D eigenvalue weighted by Gasteiger charge is -2.19. The van der Waals surface area contributed by atoms with Crippen molar-refractivity contribution in [3.05, 3.63) is 51.5 Å². The fraction of sp³-hybridized carbons (Fsp3) is 0.389. The molecular formula is C18H22N2O3S. The molecule has 0 fully saturated rings. The maximum atomic E-state index is 12.5. The van der Waals surface area contributed by atoms with Crippen LogP contribution in [0.3, 0.4) is 0 Å². The summed E-state index contributed by atoms with van der Waals surface area (Å²) in [5.41, 5.74) is 1.76. The van der Waals surface area contributed by atoms with E-state index >= 15 is 0 Å².